The summed E-state index contributed by atoms with van der Waals surface area (Å²) in [5.74, 6) is 0.782. The summed E-state index contributed by atoms with van der Waals surface area (Å²) in [6.45, 7) is 3.05. The van der Waals surface area contributed by atoms with E-state index >= 15 is 0 Å². The van der Waals surface area contributed by atoms with E-state index in [2.05, 4.69) is 19.1 Å². The Morgan fingerprint density at radius 2 is 2.33 bits per heavy atom. The molecule has 1 unspecified atom stereocenters. The normalized spacial score (nSPS) is 24.9. The fraction of sp³-hybridized carbons (Fsp3) is 0.545. The van der Waals surface area contributed by atoms with Crippen molar-refractivity contribution in [2.24, 2.45) is 11.8 Å². The Morgan fingerprint density at radius 3 is 2.87 bits per heavy atom. The molecule has 4 heteroatoms. The summed E-state index contributed by atoms with van der Waals surface area (Å²) in [6, 6.07) is 0. The van der Waals surface area contributed by atoms with Crippen LogP contribution in [0.1, 0.15) is 6.92 Å². The van der Waals surface area contributed by atoms with E-state index in [4.69, 9.17) is 21.1 Å². The Hall–Kier alpha value is -0.800. The van der Waals surface area contributed by atoms with Crippen molar-refractivity contribution in [1.82, 2.24) is 0 Å². The summed E-state index contributed by atoms with van der Waals surface area (Å²) in [7, 11) is 1.69. The molecule has 0 saturated heterocycles. The topological polar surface area (TPSA) is 35.5 Å². The molecule has 0 fully saturated rings. The first-order chi connectivity index (χ1) is 7.13. The molecular weight excluding hydrogens is 216 g/mol. The predicted molar refractivity (Wildman–Crippen MR) is 59.0 cm³/mol. The zero-order chi connectivity index (χ0) is 11.3. The molecule has 2 atom stereocenters. The first-order valence-electron chi connectivity index (χ1n) is 4.83. The fourth-order valence-corrected chi connectivity index (χ4v) is 1.63. The van der Waals surface area contributed by atoms with Crippen LogP contribution in [0.25, 0.3) is 0 Å². The molecule has 1 aliphatic carbocycles. The first-order valence-corrected chi connectivity index (χ1v) is 5.21. The Labute approximate surface area is 94.7 Å². The summed E-state index contributed by atoms with van der Waals surface area (Å²) in [5.41, 5.74) is 0.208. The van der Waals surface area contributed by atoms with Gasteiger partial charge in [0.05, 0.1) is 6.61 Å². The molecule has 0 radical (unpaired) electrons. The van der Waals surface area contributed by atoms with Crippen molar-refractivity contribution < 1.29 is 14.3 Å². The van der Waals surface area contributed by atoms with Gasteiger partial charge in [-0.25, -0.2) is 4.79 Å². The van der Waals surface area contributed by atoms with Gasteiger partial charge in [-0.2, -0.15) is 0 Å². The van der Waals surface area contributed by atoms with Crippen molar-refractivity contribution in [3.8, 4) is 0 Å². The minimum atomic E-state index is -0.768. The maximum Gasteiger partial charge on any atom is 0.404 e. The van der Waals surface area contributed by atoms with Crippen LogP contribution < -0.4 is 0 Å². The first kappa shape index (κ1) is 12.3. The van der Waals surface area contributed by atoms with Crippen LogP contribution in [-0.4, -0.2) is 25.8 Å². The molecule has 0 amide bonds. The Balaban J connectivity index is 2.47. The van der Waals surface area contributed by atoms with Crippen LogP contribution in [0.4, 0.5) is 4.79 Å². The number of allylic oxidation sites excluding steroid dienone is 1. The van der Waals surface area contributed by atoms with Gasteiger partial charge in [-0.15, -0.1) is 0 Å². The van der Waals surface area contributed by atoms with Crippen LogP contribution in [0.5, 0.6) is 0 Å². The van der Waals surface area contributed by atoms with Gasteiger partial charge >= 0.3 is 5.43 Å². The van der Waals surface area contributed by atoms with Crippen LogP contribution in [0.15, 0.2) is 23.8 Å². The van der Waals surface area contributed by atoms with Gasteiger partial charge in [-0.05, 0) is 11.5 Å². The van der Waals surface area contributed by atoms with Gasteiger partial charge in [0.15, 0.2) is 0 Å². The van der Waals surface area contributed by atoms with Gasteiger partial charge in [-0.1, -0.05) is 25.2 Å². The number of carbonyl (C=O) groups is 1. The lowest BCUT2D eigenvalue weighted by molar-refractivity contribution is 0.154. The summed E-state index contributed by atoms with van der Waals surface area (Å²) in [4.78, 5) is 10.4. The van der Waals surface area contributed by atoms with E-state index in [9.17, 15) is 4.79 Å². The third-order valence-corrected chi connectivity index (χ3v) is 2.53. The summed E-state index contributed by atoms with van der Waals surface area (Å²) in [5, 5.41) is 0. The highest BCUT2D eigenvalue weighted by Crippen LogP contribution is 2.23. The quantitative estimate of drug-likeness (QED) is 0.697. The minimum Gasteiger partial charge on any atom is -0.449 e. The number of carbonyl (C=O) groups excluding carboxylic acids is 1. The van der Waals surface area contributed by atoms with E-state index < -0.39 is 5.43 Å². The number of ether oxygens (including phenoxy) is 2. The van der Waals surface area contributed by atoms with Crippen molar-refractivity contribution in [2.45, 2.75) is 6.92 Å². The number of hydrogen-bond acceptors (Lipinski definition) is 3. The van der Waals surface area contributed by atoms with E-state index in [1.54, 1.807) is 7.11 Å². The smallest absolute Gasteiger partial charge is 0.404 e. The summed E-state index contributed by atoms with van der Waals surface area (Å²) in [6.07, 6.45) is 6.10. The van der Waals surface area contributed by atoms with E-state index in [1.807, 2.05) is 6.08 Å². The molecule has 0 bridgehead atoms. The van der Waals surface area contributed by atoms with E-state index in [0.717, 1.165) is 5.57 Å². The molecular formula is C11H15ClO3. The van der Waals surface area contributed by atoms with Crippen molar-refractivity contribution in [3.63, 3.8) is 0 Å². The molecule has 0 aliphatic heterocycles. The average molecular weight is 231 g/mol. The maximum absolute atomic E-state index is 10.4. The summed E-state index contributed by atoms with van der Waals surface area (Å²) < 4.78 is 9.80. The van der Waals surface area contributed by atoms with Crippen molar-refractivity contribution >= 4 is 17.0 Å². The van der Waals surface area contributed by atoms with Gasteiger partial charge in [0.1, 0.15) is 6.61 Å². The fourth-order valence-electron chi connectivity index (χ4n) is 1.58. The third-order valence-electron chi connectivity index (χ3n) is 2.42. The van der Waals surface area contributed by atoms with Crippen LogP contribution in [-0.2, 0) is 9.47 Å². The van der Waals surface area contributed by atoms with Crippen LogP contribution >= 0.6 is 11.6 Å². The molecule has 0 aromatic rings. The van der Waals surface area contributed by atoms with Crippen molar-refractivity contribution in [3.05, 3.63) is 23.8 Å². The number of rotatable bonds is 4. The number of halogens is 1. The third kappa shape index (κ3) is 4.06. The highest BCUT2D eigenvalue weighted by molar-refractivity contribution is 6.61. The highest BCUT2D eigenvalue weighted by atomic mass is 35.5. The Kier molecular flexibility index (Phi) is 4.85. The van der Waals surface area contributed by atoms with Gasteiger partial charge in [0, 0.05) is 24.6 Å². The molecule has 0 N–H and O–H groups in total. The zero-order valence-corrected chi connectivity index (χ0v) is 9.66. The SMILES string of the molecule is COCC1C=CC(COC(=O)Cl)=C[C@@H]1C. The molecule has 0 spiro atoms. The van der Waals surface area contributed by atoms with Gasteiger partial charge < -0.3 is 9.47 Å². The molecule has 3 nitrogen and oxygen atoms in total. The standard InChI is InChI=1S/C11H15ClO3/c1-8-5-9(6-15-11(12)13)3-4-10(8)7-14-2/h3-5,8,10H,6-7H2,1-2H3/t8-,10?/m0/s1. The average Bonchev–Trinajstić information content (AvgIpc) is 2.19. The lowest BCUT2D eigenvalue weighted by Crippen LogP contribution is -2.17. The second kappa shape index (κ2) is 5.93. The van der Waals surface area contributed by atoms with Crippen molar-refractivity contribution in [2.75, 3.05) is 20.3 Å². The second-order valence-corrected chi connectivity index (χ2v) is 3.91. The monoisotopic (exact) mass is 230 g/mol. The largest absolute Gasteiger partial charge is 0.449 e. The lowest BCUT2D eigenvalue weighted by Gasteiger charge is -2.21. The molecule has 84 valence electrons. The molecule has 0 saturated carbocycles. The molecule has 0 aromatic heterocycles. The van der Waals surface area contributed by atoms with Crippen LogP contribution in [0.2, 0.25) is 0 Å². The maximum atomic E-state index is 10.4. The van der Waals surface area contributed by atoms with Crippen LogP contribution in [0, 0.1) is 11.8 Å². The molecule has 1 aliphatic rings. The van der Waals surface area contributed by atoms with E-state index in [-0.39, 0.29) is 6.61 Å². The number of methoxy groups -OCH3 is 1. The van der Waals surface area contributed by atoms with Crippen molar-refractivity contribution in [1.29, 1.82) is 0 Å². The Morgan fingerprint density at radius 1 is 1.60 bits per heavy atom. The Bertz CT molecular complexity index is 284. The number of hydrogen-bond donors (Lipinski definition) is 0. The minimum absolute atomic E-state index is 0.239. The van der Waals surface area contributed by atoms with Gasteiger partial charge in [0.25, 0.3) is 0 Å². The molecule has 0 heterocycles. The predicted octanol–water partition coefficient (Wildman–Crippen LogP) is 2.76. The summed E-state index contributed by atoms with van der Waals surface area (Å²) >= 11 is 5.08. The molecule has 0 aromatic carbocycles. The van der Waals surface area contributed by atoms with E-state index in [0.29, 0.717) is 18.4 Å². The van der Waals surface area contributed by atoms with Gasteiger partial charge in [0.2, 0.25) is 0 Å². The molecule has 15 heavy (non-hydrogen) atoms. The molecule has 1 rings (SSSR count). The zero-order valence-electron chi connectivity index (χ0n) is 8.90. The highest BCUT2D eigenvalue weighted by Gasteiger charge is 2.16. The lowest BCUT2D eigenvalue weighted by atomic mass is 9.88. The van der Waals surface area contributed by atoms with E-state index in [1.165, 1.54) is 0 Å². The van der Waals surface area contributed by atoms with Crippen LogP contribution in [0.3, 0.4) is 0 Å². The second-order valence-electron chi connectivity index (χ2n) is 3.61. The van der Waals surface area contributed by atoms with Gasteiger partial charge in [-0.3, -0.25) is 0 Å².